The summed E-state index contributed by atoms with van der Waals surface area (Å²) in [6.45, 7) is 1.97. The normalized spacial score (nSPS) is 13.6. The summed E-state index contributed by atoms with van der Waals surface area (Å²) in [5, 5.41) is 9.18. The number of carbonyl (C=O) groups is 1. The maximum absolute atomic E-state index is 14.2. The Labute approximate surface area is 211 Å². The van der Waals surface area contributed by atoms with Crippen molar-refractivity contribution in [1.29, 1.82) is 0 Å². The van der Waals surface area contributed by atoms with E-state index in [1.165, 1.54) is 17.8 Å². The summed E-state index contributed by atoms with van der Waals surface area (Å²) in [7, 11) is 1.61. The van der Waals surface area contributed by atoms with E-state index in [-0.39, 0.29) is 17.4 Å². The molecule has 4 aromatic rings. The second-order valence-corrected chi connectivity index (χ2v) is 8.99. The summed E-state index contributed by atoms with van der Waals surface area (Å²) < 4.78 is 21.1. The van der Waals surface area contributed by atoms with Crippen molar-refractivity contribution in [2.75, 3.05) is 38.2 Å². The van der Waals surface area contributed by atoms with Crippen molar-refractivity contribution in [3.8, 4) is 11.4 Å². The minimum atomic E-state index is -0.262. The highest BCUT2D eigenvalue weighted by Crippen LogP contribution is 2.26. The third-order valence-electron chi connectivity index (χ3n) is 5.92. The average Bonchev–Trinajstić information content (AvgIpc) is 3.36. The highest BCUT2D eigenvalue weighted by atomic mass is 32.2. The number of rotatable bonds is 7. The second-order valence-electron chi connectivity index (χ2n) is 8.05. The first-order valence-electron chi connectivity index (χ1n) is 11.4. The standard InChI is InChI=1S/C25H24FN7O2S/c1-35-19-9-7-18(8-10-19)33-22(17-36-25-27-11-4-12-28-25)23(29-30-33)24(34)32-15-13-31(14-16-32)21-6-3-2-5-20(21)26/h2-12H,13-17H2,1H3. The number of ether oxygens (including phenoxy) is 1. The highest BCUT2D eigenvalue weighted by molar-refractivity contribution is 7.98. The van der Waals surface area contributed by atoms with Gasteiger partial charge in [-0.2, -0.15) is 0 Å². The number of halogens is 1. The van der Waals surface area contributed by atoms with Crippen LogP contribution < -0.4 is 9.64 Å². The number of piperazine rings is 1. The first-order chi connectivity index (χ1) is 17.6. The van der Waals surface area contributed by atoms with Gasteiger partial charge in [0.2, 0.25) is 0 Å². The number of carbonyl (C=O) groups excluding carboxylic acids is 1. The molecule has 5 rings (SSSR count). The molecule has 1 saturated heterocycles. The predicted octanol–water partition coefficient (Wildman–Crippen LogP) is 3.46. The number of amides is 1. The van der Waals surface area contributed by atoms with E-state index in [0.29, 0.717) is 48.5 Å². The summed E-state index contributed by atoms with van der Waals surface area (Å²) in [6, 6.07) is 15.8. The molecule has 0 saturated carbocycles. The van der Waals surface area contributed by atoms with Gasteiger partial charge in [-0.3, -0.25) is 4.79 Å². The third kappa shape index (κ3) is 5.01. The first kappa shape index (κ1) is 23.7. The van der Waals surface area contributed by atoms with E-state index in [1.54, 1.807) is 47.3 Å². The second kappa shape index (κ2) is 10.7. The van der Waals surface area contributed by atoms with Crippen LogP contribution in [0.4, 0.5) is 10.1 Å². The van der Waals surface area contributed by atoms with E-state index in [1.807, 2.05) is 35.2 Å². The van der Waals surface area contributed by atoms with Crippen LogP contribution in [0.15, 0.2) is 72.1 Å². The van der Waals surface area contributed by atoms with Gasteiger partial charge in [0.1, 0.15) is 11.6 Å². The summed E-state index contributed by atoms with van der Waals surface area (Å²) >= 11 is 1.40. The van der Waals surface area contributed by atoms with Crippen LogP contribution in [0.5, 0.6) is 5.75 Å². The molecule has 1 aliphatic rings. The summed E-state index contributed by atoms with van der Waals surface area (Å²) in [5.74, 6) is 0.658. The van der Waals surface area contributed by atoms with Crippen LogP contribution in [0.1, 0.15) is 16.2 Å². The van der Waals surface area contributed by atoms with Crippen molar-refractivity contribution in [3.63, 3.8) is 0 Å². The molecule has 1 fully saturated rings. The molecule has 11 heteroatoms. The Hall–Kier alpha value is -3.99. The van der Waals surface area contributed by atoms with Crippen molar-refractivity contribution in [2.45, 2.75) is 10.9 Å². The maximum atomic E-state index is 14.2. The molecule has 0 N–H and O–H groups in total. The molecule has 9 nitrogen and oxygen atoms in total. The lowest BCUT2D eigenvalue weighted by molar-refractivity contribution is 0.0739. The number of anilines is 1. The lowest BCUT2D eigenvalue weighted by Gasteiger charge is -2.36. The van der Waals surface area contributed by atoms with Gasteiger partial charge in [-0.1, -0.05) is 29.1 Å². The molecule has 0 unspecified atom stereocenters. The Balaban J connectivity index is 1.38. The minimum Gasteiger partial charge on any atom is -0.497 e. The molecule has 0 atom stereocenters. The Morgan fingerprint density at radius 2 is 1.72 bits per heavy atom. The molecular weight excluding hydrogens is 481 g/mol. The van der Waals surface area contributed by atoms with Gasteiger partial charge in [0.25, 0.3) is 5.91 Å². The number of hydrogen-bond acceptors (Lipinski definition) is 8. The smallest absolute Gasteiger partial charge is 0.276 e. The van der Waals surface area contributed by atoms with Crippen molar-refractivity contribution in [1.82, 2.24) is 29.9 Å². The molecule has 0 spiro atoms. The number of thioether (sulfide) groups is 1. The summed E-state index contributed by atoms with van der Waals surface area (Å²) in [6.07, 6.45) is 3.35. The van der Waals surface area contributed by atoms with Gasteiger partial charge in [-0.05, 0) is 42.5 Å². The zero-order valence-electron chi connectivity index (χ0n) is 19.6. The van der Waals surface area contributed by atoms with Crippen LogP contribution in [-0.2, 0) is 5.75 Å². The molecule has 2 aromatic carbocycles. The van der Waals surface area contributed by atoms with Gasteiger partial charge in [-0.15, -0.1) is 5.10 Å². The van der Waals surface area contributed by atoms with E-state index in [0.717, 1.165) is 11.4 Å². The number of methoxy groups -OCH3 is 1. The van der Waals surface area contributed by atoms with Gasteiger partial charge in [0.15, 0.2) is 10.9 Å². The van der Waals surface area contributed by atoms with Crippen molar-refractivity contribution >= 4 is 23.4 Å². The molecule has 1 amide bonds. The largest absolute Gasteiger partial charge is 0.497 e. The van der Waals surface area contributed by atoms with E-state index >= 15 is 0 Å². The molecule has 0 aliphatic carbocycles. The lowest BCUT2D eigenvalue weighted by atomic mass is 10.2. The molecular formula is C25H24FN7O2S. The Morgan fingerprint density at radius 1 is 1.00 bits per heavy atom. The fourth-order valence-corrected chi connectivity index (χ4v) is 4.82. The third-order valence-corrected chi connectivity index (χ3v) is 6.81. The highest BCUT2D eigenvalue weighted by Gasteiger charge is 2.29. The first-order valence-corrected chi connectivity index (χ1v) is 12.4. The monoisotopic (exact) mass is 505 g/mol. The van der Waals surface area contributed by atoms with Gasteiger partial charge in [-0.25, -0.2) is 19.0 Å². The molecule has 184 valence electrons. The van der Waals surface area contributed by atoms with Gasteiger partial charge in [0.05, 0.1) is 24.2 Å². The number of nitrogens with zero attached hydrogens (tertiary/aromatic N) is 7. The molecule has 0 bridgehead atoms. The minimum absolute atomic E-state index is 0.201. The zero-order valence-corrected chi connectivity index (χ0v) is 20.4. The average molecular weight is 506 g/mol. The van der Waals surface area contributed by atoms with Crippen LogP contribution in [0, 0.1) is 5.82 Å². The lowest BCUT2D eigenvalue weighted by Crippen LogP contribution is -2.49. The van der Waals surface area contributed by atoms with Crippen LogP contribution in [0.2, 0.25) is 0 Å². The van der Waals surface area contributed by atoms with Crippen LogP contribution >= 0.6 is 11.8 Å². The Bertz CT molecular complexity index is 1330. The number of para-hydroxylation sites is 1. The molecule has 2 aromatic heterocycles. The van der Waals surface area contributed by atoms with Gasteiger partial charge >= 0.3 is 0 Å². The number of hydrogen-bond donors (Lipinski definition) is 0. The molecule has 3 heterocycles. The quantitative estimate of drug-likeness (QED) is 0.279. The summed E-state index contributed by atoms with van der Waals surface area (Å²) in [4.78, 5) is 25.8. The van der Waals surface area contributed by atoms with E-state index in [2.05, 4.69) is 20.3 Å². The van der Waals surface area contributed by atoms with Crippen molar-refractivity contribution in [2.24, 2.45) is 0 Å². The SMILES string of the molecule is COc1ccc(-n2nnc(C(=O)N3CCN(c4ccccc4F)CC3)c2CSc2ncccn2)cc1. The van der Waals surface area contributed by atoms with Crippen LogP contribution in [0.25, 0.3) is 5.69 Å². The van der Waals surface area contributed by atoms with Gasteiger partial charge in [0, 0.05) is 44.3 Å². The fourth-order valence-electron chi connectivity index (χ4n) is 4.03. The zero-order chi connectivity index (χ0) is 24.9. The fraction of sp³-hybridized carbons (Fsp3) is 0.240. The predicted molar refractivity (Wildman–Crippen MR) is 134 cm³/mol. The van der Waals surface area contributed by atoms with Crippen LogP contribution in [0.3, 0.4) is 0 Å². The maximum Gasteiger partial charge on any atom is 0.276 e. The Morgan fingerprint density at radius 3 is 2.42 bits per heavy atom. The van der Waals surface area contributed by atoms with Crippen LogP contribution in [-0.4, -0.2) is 69.1 Å². The molecule has 36 heavy (non-hydrogen) atoms. The van der Waals surface area contributed by atoms with E-state index in [9.17, 15) is 9.18 Å². The Kier molecular flexibility index (Phi) is 7.08. The molecule has 0 radical (unpaired) electrons. The van der Waals surface area contributed by atoms with Crippen molar-refractivity contribution < 1.29 is 13.9 Å². The van der Waals surface area contributed by atoms with Gasteiger partial charge < -0.3 is 14.5 Å². The number of benzene rings is 2. The van der Waals surface area contributed by atoms with E-state index < -0.39 is 0 Å². The van der Waals surface area contributed by atoms with E-state index in [4.69, 9.17) is 4.74 Å². The topological polar surface area (TPSA) is 89.3 Å². The summed E-state index contributed by atoms with van der Waals surface area (Å²) in [5.41, 5.74) is 2.25. The number of aromatic nitrogens is 5. The molecule has 1 aliphatic heterocycles. The van der Waals surface area contributed by atoms with Crippen molar-refractivity contribution in [3.05, 3.63) is 84.2 Å².